The van der Waals surface area contributed by atoms with Gasteiger partial charge in [0.2, 0.25) is 0 Å². The summed E-state index contributed by atoms with van der Waals surface area (Å²) in [6.07, 6.45) is 0. The molecular weight excluding hydrogens is 235 g/mol. The average molecular weight is 244 g/mol. The lowest BCUT2D eigenvalue weighted by Crippen LogP contribution is -2.26. The molecule has 5 heteroatoms. The zero-order valence-corrected chi connectivity index (χ0v) is 9.31. The van der Waals surface area contributed by atoms with Crippen LogP contribution in [-0.4, -0.2) is 17.5 Å². The molecular formula is C13H9FN2O2. The topological polar surface area (TPSA) is 51.2 Å². The molecule has 1 N–H and O–H groups in total. The molecule has 0 unspecified atom stereocenters. The van der Waals surface area contributed by atoms with Gasteiger partial charge in [-0.05, 0) is 24.3 Å². The Hall–Kier alpha value is -2.43. The Morgan fingerprint density at radius 3 is 2.89 bits per heavy atom. The Kier molecular flexibility index (Phi) is 2.44. The van der Waals surface area contributed by atoms with Gasteiger partial charge in [-0.25, -0.2) is 9.37 Å². The number of rotatable bonds is 1. The largest absolute Gasteiger partial charge is 0.480 e. The second-order valence-corrected chi connectivity index (χ2v) is 3.86. The van der Waals surface area contributed by atoms with E-state index >= 15 is 0 Å². The normalized spacial score (nSPS) is 13.5. The predicted molar refractivity (Wildman–Crippen MR) is 63.8 cm³/mol. The minimum Gasteiger partial charge on any atom is -0.480 e. The molecule has 0 aliphatic carbocycles. The summed E-state index contributed by atoms with van der Waals surface area (Å²) < 4.78 is 18.8. The first-order valence-electron chi connectivity index (χ1n) is 5.42. The van der Waals surface area contributed by atoms with Crippen LogP contribution >= 0.6 is 0 Å². The van der Waals surface area contributed by atoms with E-state index in [1.54, 1.807) is 30.3 Å². The van der Waals surface area contributed by atoms with Crippen molar-refractivity contribution in [3.63, 3.8) is 0 Å². The first-order valence-corrected chi connectivity index (χ1v) is 5.42. The summed E-state index contributed by atoms with van der Waals surface area (Å²) in [5, 5.41) is 2.59. The quantitative estimate of drug-likeness (QED) is 0.836. The number of anilines is 1. The Morgan fingerprint density at radius 2 is 2.06 bits per heavy atom. The smallest absolute Gasteiger partial charge is 0.263 e. The van der Waals surface area contributed by atoms with Crippen molar-refractivity contribution in [2.45, 2.75) is 0 Å². The number of hydrogen-bond acceptors (Lipinski definition) is 3. The molecule has 0 atom stereocenters. The van der Waals surface area contributed by atoms with Crippen molar-refractivity contribution in [1.82, 2.24) is 4.98 Å². The number of nitrogens with zero attached hydrogens (tertiary/aromatic N) is 1. The third kappa shape index (κ3) is 1.79. The van der Waals surface area contributed by atoms with Crippen molar-refractivity contribution < 1.29 is 13.9 Å². The summed E-state index contributed by atoms with van der Waals surface area (Å²) in [6, 6.07) is 9.68. The third-order valence-corrected chi connectivity index (χ3v) is 2.62. The van der Waals surface area contributed by atoms with E-state index in [0.717, 1.165) is 0 Å². The van der Waals surface area contributed by atoms with Crippen molar-refractivity contribution in [2.75, 3.05) is 11.9 Å². The molecule has 0 spiro atoms. The second-order valence-electron chi connectivity index (χ2n) is 3.86. The van der Waals surface area contributed by atoms with E-state index in [2.05, 4.69) is 10.3 Å². The van der Waals surface area contributed by atoms with Crippen LogP contribution in [0.2, 0.25) is 0 Å². The van der Waals surface area contributed by atoms with E-state index in [-0.39, 0.29) is 18.3 Å². The molecule has 1 amide bonds. The maximum Gasteiger partial charge on any atom is 0.263 e. The van der Waals surface area contributed by atoms with Gasteiger partial charge >= 0.3 is 0 Å². The van der Waals surface area contributed by atoms with Gasteiger partial charge < -0.3 is 10.1 Å². The Bertz CT molecular complexity index is 628. The highest BCUT2D eigenvalue weighted by atomic mass is 19.1. The number of ether oxygens (including phenoxy) is 1. The molecule has 0 saturated carbocycles. The number of hydrogen-bond donors (Lipinski definition) is 1. The van der Waals surface area contributed by atoms with Crippen molar-refractivity contribution in [3.8, 4) is 17.0 Å². The van der Waals surface area contributed by atoms with E-state index in [9.17, 15) is 9.18 Å². The monoisotopic (exact) mass is 244 g/mol. The van der Waals surface area contributed by atoms with E-state index in [4.69, 9.17) is 4.74 Å². The standard InChI is InChI=1S/C13H9FN2O2/c14-9-4-2-1-3-8(9)10-5-6-11-13(15-10)16-12(17)7-18-11/h1-6H,7H2,(H,15,16,17). The number of carbonyl (C=O) groups is 1. The summed E-state index contributed by atoms with van der Waals surface area (Å²) in [7, 11) is 0. The molecule has 0 bridgehead atoms. The van der Waals surface area contributed by atoms with Crippen molar-refractivity contribution in [1.29, 1.82) is 0 Å². The summed E-state index contributed by atoms with van der Waals surface area (Å²) in [5.41, 5.74) is 0.845. The molecule has 1 aromatic heterocycles. The zero-order chi connectivity index (χ0) is 12.5. The highest BCUT2D eigenvalue weighted by molar-refractivity contribution is 5.94. The maximum atomic E-state index is 13.6. The number of nitrogens with one attached hydrogen (secondary N) is 1. The molecule has 0 saturated heterocycles. The van der Waals surface area contributed by atoms with Gasteiger partial charge in [-0.2, -0.15) is 0 Å². The SMILES string of the molecule is O=C1COc2ccc(-c3ccccc3F)nc2N1. The van der Waals surface area contributed by atoms with Crippen molar-refractivity contribution >= 4 is 11.7 Å². The fourth-order valence-corrected chi connectivity index (χ4v) is 1.78. The van der Waals surface area contributed by atoms with Crippen LogP contribution in [0.4, 0.5) is 10.2 Å². The molecule has 0 fully saturated rings. The van der Waals surface area contributed by atoms with Gasteiger partial charge in [-0.3, -0.25) is 4.79 Å². The Morgan fingerprint density at radius 1 is 1.22 bits per heavy atom. The molecule has 1 aliphatic rings. The number of carbonyl (C=O) groups excluding carboxylic acids is 1. The lowest BCUT2D eigenvalue weighted by molar-refractivity contribution is -0.118. The molecule has 1 aromatic carbocycles. The van der Waals surface area contributed by atoms with Crippen LogP contribution in [0.15, 0.2) is 36.4 Å². The van der Waals surface area contributed by atoms with Crippen LogP contribution in [0.3, 0.4) is 0 Å². The summed E-state index contributed by atoms with van der Waals surface area (Å²) >= 11 is 0. The number of halogens is 1. The fourth-order valence-electron chi connectivity index (χ4n) is 1.78. The number of amides is 1. The molecule has 2 heterocycles. The molecule has 90 valence electrons. The summed E-state index contributed by atoms with van der Waals surface area (Å²) in [5.74, 6) is 0.204. The number of aromatic nitrogens is 1. The molecule has 4 nitrogen and oxygen atoms in total. The van der Waals surface area contributed by atoms with E-state index in [0.29, 0.717) is 22.8 Å². The van der Waals surface area contributed by atoms with Crippen molar-refractivity contribution in [2.24, 2.45) is 0 Å². The predicted octanol–water partition coefficient (Wildman–Crippen LogP) is 2.22. The number of pyridine rings is 1. The molecule has 3 rings (SSSR count). The lowest BCUT2D eigenvalue weighted by atomic mass is 10.1. The van der Waals surface area contributed by atoms with Gasteiger partial charge in [-0.1, -0.05) is 12.1 Å². The van der Waals surface area contributed by atoms with E-state index < -0.39 is 0 Å². The van der Waals surface area contributed by atoms with Gasteiger partial charge in [-0.15, -0.1) is 0 Å². The zero-order valence-electron chi connectivity index (χ0n) is 9.31. The van der Waals surface area contributed by atoms with Gasteiger partial charge in [0.05, 0.1) is 5.69 Å². The summed E-state index contributed by atoms with van der Waals surface area (Å²) in [4.78, 5) is 15.4. The van der Waals surface area contributed by atoms with Crippen molar-refractivity contribution in [3.05, 3.63) is 42.2 Å². The van der Waals surface area contributed by atoms with E-state index in [1.807, 2.05) is 0 Å². The van der Waals surface area contributed by atoms with Gasteiger partial charge in [0.1, 0.15) is 5.82 Å². The Balaban J connectivity index is 2.07. The number of benzene rings is 1. The molecule has 0 radical (unpaired) electrons. The first kappa shape index (κ1) is 10.7. The van der Waals surface area contributed by atoms with Crippen LogP contribution in [-0.2, 0) is 4.79 Å². The molecule has 2 aromatic rings. The maximum absolute atomic E-state index is 13.6. The first-order chi connectivity index (χ1) is 8.74. The molecule has 1 aliphatic heterocycles. The van der Waals surface area contributed by atoms with Crippen LogP contribution in [0.1, 0.15) is 0 Å². The number of fused-ring (bicyclic) bond motifs is 1. The average Bonchev–Trinajstić information content (AvgIpc) is 2.38. The highest BCUT2D eigenvalue weighted by Gasteiger charge is 2.18. The third-order valence-electron chi connectivity index (χ3n) is 2.62. The second kappa shape index (κ2) is 4.10. The minimum atomic E-state index is -0.354. The van der Waals surface area contributed by atoms with Gasteiger partial charge in [0.15, 0.2) is 18.2 Å². The highest BCUT2D eigenvalue weighted by Crippen LogP contribution is 2.29. The van der Waals surface area contributed by atoms with Gasteiger partial charge in [0.25, 0.3) is 5.91 Å². The fraction of sp³-hybridized carbons (Fsp3) is 0.0769. The van der Waals surface area contributed by atoms with Crippen LogP contribution < -0.4 is 10.1 Å². The van der Waals surface area contributed by atoms with E-state index in [1.165, 1.54) is 6.07 Å². The Labute approximate surface area is 102 Å². The minimum absolute atomic E-state index is 0.0201. The van der Waals surface area contributed by atoms with Gasteiger partial charge in [0, 0.05) is 5.56 Å². The van der Waals surface area contributed by atoms with Crippen LogP contribution in [0, 0.1) is 5.82 Å². The lowest BCUT2D eigenvalue weighted by Gasteiger charge is -2.17. The molecule has 18 heavy (non-hydrogen) atoms. The summed E-state index contributed by atoms with van der Waals surface area (Å²) in [6.45, 7) is -0.0201. The van der Waals surface area contributed by atoms with Crippen LogP contribution in [0.25, 0.3) is 11.3 Å². The van der Waals surface area contributed by atoms with Crippen LogP contribution in [0.5, 0.6) is 5.75 Å².